The maximum Gasteiger partial charge on any atom is 0.226 e. The van der Waals surface area contributed by atoms with E-state index in [1.807, 2.05) is 17.0 Å². The van der Waals surface area contributed by atoms with Crippen LogP contribution in [0.1, 0.15) is 25.0 Å². The zero-order chi connectivity index (χ0) is 19.9. The molecule has 0 saturated carbocycles. The van der Waals surface area contributed by atoms with Gasteiger partial charge < -0.3 is 25.0 Å². The molecule has 3 heterocycles. The van der Waals surface area contributed by atoms with Gasteiger partial charge in [0.15, 0.2) is 0 Å². The second-order valence-electron chi connectivity index (χ2n) is 7.62. The lowest BCUT2D eigenvalue weighted by Crippen LogP contribution is -2.52. The summed E-state index contributed by atoms with van der Waals surface area (Å²) in [6.07, 6.45) is 2.84. The fourth-order valence-electron chi connectivity index (χ4n) is 3.75. The summed E-state index contributed by atoms with van der Waals surface area (Å²) >= 11 is 0. The number of rotatable bonds is 6. The summed E-state index contributed by atoms with van der Waals surface area (Å²) in [5.74, 6) is -0.0369. The number of hydrogen-bond acceptors (Lipinski definition) is 6. The molecule has 2 amide bonds. The SMILES string of the molecule is CN1CCN(C(=O)C[C@H]2CC[C@@H](NC(=O)Cc3ccccn3)[C@H](CO)O2)CC1. The van der Waals surface area contributed by atoms with E-state index in [-0.39, 0.29) is 37.0 Å². The molecule has 0 aliphatic carbocycles. The van der Waals surface area contributed by atoms with Crippen LogP contribution in [0.25, 0.3) is 0 Å². The highest BCUT2D eigenvalue weighted by atomic mass is 16.5. The van der Waals surface area contributed by atoms with Crippen molar-refractivity contribution in [2.45, 2.75) is 43.9 Å². The molecule has 1 aromatic rings. The maximum atomic E-state index is 12.5. The summed E-state index contributed by atoms with van der Waals surface area (Å²) in [6, 6.07) is 5.20. The summed E-state index contributed by atoms with van der Waals surface area (Å²) in [5, 5.41) is 12.7. The number of carbonyl (C=O) groups is 2. The third kappa shape index (κ3) is 5.73. The molecule has 3 atom stereocenters. The number of pyridine rings is 1. The van der Waals surface area contributed by atoms with Gasteiger partial charge in [0.05, 0.1) is 31.6 Å². The normalized spacial score (nSPS) is 26.1. The Kier molecular flexibility index (Phi) is 7.36. The van der Waals surface area contributed by atoms with Crippen LogP contribution in [0.2, 0.25) is 0 Å². The first-order chi connectivity index (χ1) is 13.5. The van der Waals surface area contributed by atoms with E-state index in [0.29, 0.717) is 25.0 Å². The zero-order valence-electron chi connectivity index (χ0n) is 16.4. The van der Waals surface area contributed by atoms with Gasteiger partial charge in [-0.3, -0.25) is 14.6 Å². The number of likely N-dealkylation sites (N-methyl/N-ethyl adjacent to an activating group) is 1. The number of carbonyl (C=O) groups excluding carboxylic acids is 2. The lowest BCUT2D eigenvalue weighted by Gasteiger charge is -2.37. The predicted molar refractivity (Wildman–Crippen MR) is 104 cm³/mol. The highest BCUT2D eigenvalue weighted by Crippen LogP contribution is 2.23. The molecule has 0 aromatic carbocycles. The van der Waals surface area contributed by atoms with Crippen LogP contribution in [-0.4, -0.2) is 89.8 Å². The molecule has 0 bridgehead atoms. The molecule has 0 spiro atoms. The van der Waals surface area contributed by atoms with E-state index in [1.54, 1.807) is 12.3 Å². The number of hydrogen-bond donors (Lipinski definition) is 2. The van der Waals surface area contributed by atoms with E-state index >= 15 is 0 Å². The fraction of sp³-hybridized carbons (Fsp3) is 0.650. The van der Waals surface area contributed by atoms with Gasteiger partial charge in [-0.05, 0) is 32.0 Å². The zero-order valence-corrected chi connectivity index (χ0v) is 16.4. The Bertz CT molecular complexity index is 649. The number of aliphatic hydroxyl groups is 1. The number of nitrogens with zero attached hydrogens (tertiary/aromatic N) is 3. The molecule has 2 aliphatic rings. The van der Waals surface area contributed by atoms with Crippen LogP contribution in [0, 0.1) is 0 Å². The van der Waals surface area contributed by atoms with Crippen molar-refractivity contribution in [1.82, 2.24) is 20.1 Å². The predicted octanol–water partition coefficient (Wildman–Crippen LogP) is -0.187. The Morgan fingerprint density at radius 2 is 2.04 bits per heavy atom. The fourth-order valence-corrected chi connectivity index (χ4v) is 3.75. The van der Waals surface area contributed by atoms with Crippen molar-refractivity contribution >= 4 is 11.8 Å². The minimum Gasteiger partial charge on any atom is -0.394 e. The van der Waals surface area contributed by atoms with Crippen LogP contribution in [0.15, 0.2) is 24.4 Å². The van der Waals surface area contributed by atoms with E-state index in [2.05, 4.69) is 22.2 Å². The number of ether oxygens (including phenoxy) is 1. The minimum absolute atomic E-state index is 0.104. The Morgan fingerprint density at radius 3 is 2.71 bits per heavy atom. The molecule has 28 heavy (non-hydrogen) atoms. The third-order valence-corrected chi connectivity index (χ3v) is 5.47. The Labute approximate surface area is 165 Å². The number of amides is 2. The molecule has 2 N–H and O–H groups in total. The Balaban J connectivity index is 1.46. The van der Waals surface area contributed by atoms with Gasteiger partial charge in [0.1, 0.15) is 6.10 Å². The van der Waals surface area contributed by atoms with Crippen LogP contribution in [-0.2, 0) is 20.7 Å². The number of nitrogens with one attached hydrogen (secondary N) is 1. The summed E-state index contributed by atoms with van der Waals surface area (Å²) in [7, 11) is 2.06. The molecule has 8 heteroatoms. The van der Waals surface area contributed by atoms with Crippen LogP contribution in [0.5, 0.6) is 0 Å². The Hall–Kier alpha value is -2.03. The van der Waals surface area contributed by atoms with E-state index < -0.39 is 6.10 Å². The largest absolute Gasteiger partial charge is 0.394 e. The second-order valence-corrected chi connectivity index (χ2v) is 7.62. The standard InChI is InChI=1S/C20H30N4O4/c1-23-8-10-24(11-9-23)20(27)13-16-5-6-17(18(14-25)28-16)22-19(26)12-15-4-2-3-7-21-15/h2-4,7,16-18,25H,5-6,8-14H2,1H3,(H,22,26)/t16-,17-,18+/m1/s1. The van der Waals surface area contributed by atoms with Crippen LogP contribution < -0.4 is 5.32 Å². The third-order valence-electron chi connectivity index (χ3n) is 5.47. The first-order valence-corrected chi connectivity index (χ1v) is 9.97. The smallest absolute Gasteiger partial charge is 0.226 e. The van der Waals surface area contributed by atoms with Crippen molar-refractivity contribution in [3.63, 3.8) is 0 Å². The summed E-state index contributed by atoms with van der Waals surface area (Å²) in [4.78, 5) is 33.1. The quantitative estimate of drug-likeness (QED) is 0.699. The minimum atomic E-state index is -0.494. The van der Waals surface area contributed by atoms with Crippen molar-refractivity contribution < 1.29 is 19.4 Å². The molecule has 8 nitrogen and oxygen atoms in total. The lowest BCUT2D eigenvalue weighted by atomic mass is 9.96. The average Bonchev–Trinajstić information content (AvgIpc) is 2.70. The van der Waals surface area contributed by atoms with Gasteiger partial charge in [0, 0.05) is 38.1 Å². The molecule has 0 unspecified atom stereocenters. The topological polar surface area (TPSA) is 95.0 Å². The molecular weight excluding hydrogens is 360 g/mol. The van der Waals surface area contributed by atoms with Gasteiger partial charge in [-0.1, -0.05) is 6.07 Å². The van der Waals surface area contributed by atoms with Crippen LogP contribution in [0.4, 0.5) is 0 Å². The first kappa shape index (κ1) is 20.7. The molecule has 3 rings (SSSR count). The first-order valence-electron chi connectivity index (χ1n) is 9.97. The van der Waals surface area contributed by atoms with Gasteiger partial charge in [-0.15, -0.1) is 0 Å². The number of piperazine rings is 1. The summed E-state index contributed by atoms with van der Waals surface area (Å²) in [5.41, 5.74) is 0.702. The van der Waals surface area contributed by atoms with Crippen molar-refractivity contribution in [3.8, 4) is 0 Å². The van der Waals surface area contributed by atoms with Crippen molar-refractivity contribution in [2.75, 3.05) is 39.8 Å². The average molecular weight is 390 g/mol. The molecule has 2 aliphatic heterocycles. The van der Waals surface area contributed by atoms with Crippen molar-refractivity contribution in [2.24, 2.45) is 0 Å². The van der Waals surface area contributed by atoms with Crippen molar-refractivity contribution in [3.05, 3.63) is 30.1 Å². The van der Waals surface area contributed by atoms with Gasteiger partial charge in [0.2, 0.25) is 11.8 Å². The Morgan fingerprint density at radius 1 is 1.25 bits per heavy atom. The molecule has 154 valence electrons. The lowest BCUT2D eigenvalue weighted by molar-refractivity contribution is -0.143. The summed E-state index contributed by atoms with van der Waals surface area (Å²) in [6.45, 7) is 3.09. The maximum absolute atomic E-state index is 12.5. The van der Waals surface area contributed by atoms with Gasteiger partial charge in [0.25, 0.3) is 0 Å². The van der Waals surface area contributed by atoms with Crippen LogP contribution in [0.3, 0.4) is 0 Å². The van der Waals surface area contributed by atoms with Gasteiger partial charge >= 0.3 is 0 Å². The van der Waals surface area contributed by atoms with E-state index in [4.69, 9.17) is 4.74 Å². The monoisotopic (exact) mass is 390 g/mol. The number of aromatic nitrogens is 1. The number of aliphatic hydroxyl groups excluding tert-OH is 1. The van der Waals surface area contributed by atoms with Crippen LogP contribution >= 0.6 is 0 Å². The molecule has 2 fully saturated rings. The molecule has 2 saturated heterocycles. The van der Waals surface area contributed by atoms with E-state index in [1.165, 1.54) is 0 Å². The summed E-state index contributed by atoms with van der Waals surface area (Å²) < 4.78 is 5.94. The molecular formula is C20H30N4O4. The van der Waals surface area contributed by atoms with Gasteiger partial charge in [-0.2, -0.15) is 0 Å². The van der Waals surface area contributed by atoms with E-state index in [9.17, 15) is 14.7 Å². The highest BCUT2D eigenvalue weighted by molar-refractivity contribution is 5.78. The molecule has 1 aromatic heterocycles. The van der Waals surface area contributed by atoms with E-state index in [0.717, 1.165) is 26.2 Å². The second kappa shape index (κ2) is 9.95. The van der Waals surface area contributed by atoms with Crippen molar-refractivity contribution in [1.29, 1.82) is 0 Å². The highest BCUT2D eigenvalue weighted by Gasteiger charge is 2.33. The molecule has 0 radical (unpaired) electrons. The van der Waals surface area contributed by atoms with Gasteiger partial charge in [-0.25, -0.2) is 0 Å².